The zero-order valence-electron chi connectivity index (χ0n) is 13.9. The number of nitrogens with zero attached hydrogens (tertiary/aromatic N) is 3. The van der Waals surface area contributed by atoms with Crippen molar-refractivity contribution >= 4 is 18.0 Å². The van der Waals surface area contributed by atoms with Gasteiger partial charge < -0.3 is 19.3 Å². The molecular formula is C17H19N3O5. The second-order valence-electron chi connectivity index (χ2n) is 5.33. The number of nitriles is 1. The lowest BCUT2D eigenvalue weighted by Gasteiger charge is -2.33. The van der Waals surface area contributed by atoms with Crippen molar-refractivity contribution < 1.29 is 23.9 Å². The zero-order valence-corrected chi connectivity index (χ0v) is 13.9. The van der Waals surface area contributed by atoms with Crippen molar-refractivity contribution in [2.45, 2.75) is 6.92 Å². The van der Waals surface area contributed by atoms with Crippen LogP contribution >= 0.6 is 0 Å². The molecule has 0 unspecified atom stereocenters. The highest BCUT2D eigenvalue weighted by molar-refractivity contribution is 5.91. The van der Waals surface area contributed by atoms with E-state index in [0.717, 1.165) is 0 Å². The van der Waals surface area contributed by atoms with E-state index in [9.17, 15) is 14.4 Å². The Morgan fingerprint density at radius 1 is 1.04 bits per heavy atom. The number of hydrogen-bond donors (Lipinski definition) is 0. The number of hydrogen-bond acceptors (Lipinski definition) is 6. The number of amides is 2. The van der Waals surface area contributed by atoms with Crippen molar-refractivity contribution in [1.82, 2.24) is 9.80 Å². The van der Waals surface area contributed by atoms with E-state index in [0.29, 0.717) is 38.3 Å². The lowest BCUT2D eigenvalue weighted by Crippen LogP contribution is -2.51. The summed E-state index contributed by atoms with van der Waals surface area (Å²) in [5.74, 6) is -0.937. The maximum atomic E-state index is 12.1. The van der Waals surface area contributed by atoms with Gasteiger partial charge in [-0.05, 0) is 31.2 Å². The summed E-state index contributed by atoms with van der Waals surface area (Å²) < 4.78 is 9.93. The molecule has 0 spiro atoms. The van der Waals surface area contributed by atoms with Crippen molar-refractivity contribution in [3.8, 4) is 6.07 Å². The van der Waals surface area contributed by atoms with E-state index < -0.39 is 5.97 Å². The van der Waals surface area contributed by atoms with Crippen LogP contribution in [0.3, 0.4) is 0 Å². The molecule has 132 valence electrons. The van der Waals surface area contributed by atoms with E-state index >= 15 is 0 Å². The van der Waals surface area contributed by atoms with E-state index in [1.807, 2.05) is 6.07 Å². The normalized spacial score (nSPS) is 13.8. The van der Waals surface area contributed by atoms with Gasteiger partial charge in [0.2, 0.25) is 0 Å². The van der Waals surface area contributed by atoms with Gasteiger partial charge in [-0.2, -0.15) is 5.26 Å². The SMILES string of the molecule is CCOC(=O)N1CCN(C(=O)COC(=O)c2ccc(C#N)cc2)CC1. The first-order chi connectivity index (χ1) is 12.0. The van der Waals surface area contributed by atoms with E-state index in [2.05, 4.69) is 0 Å². The maximum Gasteiger partial charge on any atom is 0.409 e. The van der Waals surface area contributed by atoms with Crippen molar-refractivity contribution in [3.05, 3.63) is 35.4 Å². The number of piperazine rings is 1. The summed E-state index contributed by atoms with van der Waals surface area (Å²) in [5.41, 5.74) is 0.714. The first-order valence-corrected chi connectivity index (χ1v) is 7.92. The van der Waals surface area contributed by atoms with E-state index in [1.165, 1.54) is 29.2 Å². The Morgan fingerprint density at radius 2 is 1.64 bits per heavy atom. The minimum absolute atomic E-state index is 0.277. The molecule has 0 bridgehead atoms. The van der Waals surface area contributed by atoms with Crippen molar-refractivity contribution in [3.63, 3.8) is 0 Å². The summed E-state index contributed by atoms with van der Waals surface area (Å²) in [6.45, 7) is 3.18. The summed E-state index contributed by atoms with van der Waals surface area (Å²) in [6.07, 6.45) is -0.387. The number of ether oxygens (including phenoxy) is 2. The smallest absolute Gasteiger partial charge is 0.409 e. The predicted octanol–water partition coefficient (Wildman–Crippen LogP) is 1.02. The van der Waals surface area contributed by atoms with Crippen molar-refractivity contribution in [1.29, 1.82) is 5.26 Å². The van der Waals surface area contributed by atoms with Gasteiger partial charge in [0, 0.05) is 26.2 Å². The molecule has 0 N–H and O–H groups in total. The van der Waals surface area contributed by atoms with Crippen LogP contribution in [0.1, 0.15) is 22.8 Å². The van der Waals surface area contributed by atoms with Gasteiger partial charge in [0.05, 0.1) is 23.8 Å². The average Bonchev–Trinajstić information content (AvgIpc) is 2.66. The van der Waals surface area contributed by atoms with Crippen molar-refractivity contribution in [2.24, 2.45) is 0 Å². The molecule has 1 aromatic rings. The molecule has 0 aromatic heterocycles. The van der Waals surface area contributed by atoms with Crippen LogP contribution in [-0.2, 0) is 14.3 Å². The molecule has 0 saturated carbocycles. The molecule has 25 heavy (non-hydrogen) atoms. The number of benzene rings is 1. The number of carbonyl (C=O) groups is 3. The minimum Gasteiger partial charge on any atom is -0.452 e. The molecule has 0 atom stereocenters. The summed E-state index contributed by atoms with van der Waals surface area (Å²) >= 11 is 0. The Hall–Kier alpha value is -3.08. The van der Waals surface area contributed by atoms with Gasteiger partial charge in [-0.15, -0.1) is 0 Å². The van der Waals surface area contributed by atoms with Crippen LogP contribution < -0.4 is 0 Å². The second kappa shape index (κ2) is 8.68. The fraction of sp³-hybridized carbons (Fsp3) is 0.412. The Labute approximate surface area is 145 Å². The molecule has 8 heteroatoms. The molecule has 2 amide bonds. The maximum absolute atomic E-state index is 12.1. The predicted molar refractivity (Wildman–Crippen MR) is 86.6 cm³/mol. The highest BCUT2D eigenvalue weighted by atomic mass is 16.6. The van der Waals surface area contributed by atoms with Crippen LogP contribution in [0.15, 0.2) is 24.3 Å². The molecular weight excluding hydrogens is 326 g/mol. The molecule has 1 heterocycles. The monoisotopic (exact) mass is 345 g/mol. The van der Waals surface area contributed by atoms with Gasteiger partial charge >= 0.3 is 12.1 Å². The van der Waals surface area contributed by atoms with Gasteiger partial charge in [0.1, 0.15) is 0 Å². The van der Waals surface area contributed by atoms with Gasteiger partial charge in [-0.3, -0.25) is 4.79 Å². The Kier molecular flexibility index (Phi) is 6.34. The molecule has 1 aliphatic heterocycles. The number of esters is 1. The lowest BCUT2D eigenvalue weighted by molar-refractivity contribution is -0.136. The van der Waals surface area contributed by atoms with E-state index in [-0.39, 0.29) is 24.2 Å². The molecule has 1 aromatic carbocycles. The van der Waals surface area contributed by atoms with Crippen LogP contribution in [0, 0.1) is 11.3 Å². The fourth-order valence-electron chi connectivity index (χ4n) is 2.34. The van der Waals surface area contributed by atoms with Gasteiger partial charge in [0.25, 0.3) is 5.91 Å². The summed E-state index contributed by atoms with van der Waals surface area (Å²) in [7, 11) is 0. The number of carbonyl (C=O) groups excluding carboxylic acids is 3. The first-order valence-electron chi connectivity index (χ1n) is 7.92. The van der Waals surface area contributed by atoms with E-state index in [1.54, 1.807) is 11.8 Å². The molecule has 1 saturated heterocycles. The third kappa shape index (κ3) is 4.94. The van der Waals surface area contributed by atoms with Crippen LogP contribution in [0.4, 0.5) is 4.79 Å². The Balaban J connectivity index is 1.78. The van der Waals surface area contributed by atoms with Crippen LogP contribution in [-0.4, -0.2) is 67.2 Å². The Morgan fingerprint density at radius 3 is 2.20 bits per heavy atom. The summed E-state index contributed by atoms with van der Waals surface area (Å²) in [6, 6.07) is 7.92. The van der Waals surface area contributed by atoms with Gasteiger partial charge in [-0.25, -0.2) is 9.59 Å². The highest BCUT2D eigenvalue weighted by Crippen LogP contribution is 2.07. The van der Waals surface area contributed by atoms with Crippen LogP contribution in [0.5, 0.6) is 0 Å². The standard InChI is InChI=1S/C17H19N3O5/c1-2-24-17(23)20-9-7-19(8-10-20)15(21)12-25-16(22)14-5-3-13(11-18)4-6-14/h3-6H,2,7-10,12H2,1H3. The average molecular weight is 345 g/mol. The van der Waals surface area contributed by atoms with Crippen LogP contribution in [0.25, 0.3) is 0 Å². The lowest BCUT2D eigenvalue weighted by atomic mass is 10.1. The van der Waals surface area contributed by atoms with Crippen molar-refractivity contribution in [2.75, 3.05) is 39.4 Å². The molecule has 0 aliphatic carbocycles. The zero-order chi connectivity index (χ0) is 18.2. The minimum atomic E-state index is -0.622. The molecule has 8 nitrogen and oxygen atoms in total. The summed E-state index contributed by atoms with van der Waals surface area (Å²) in [5, 5.41) is 8.72. The van der Waals surface area contributed by atoms with Gasteiger partial charge in [-0.1, -0.05) is 0 Å². The third-order valence-electron chi connectivity index (χ3n) is 3.73. The third-order valence-corrected chi connectivity index (χ3v) is 3.73. The Bertz CT molecular complexity index is 673. The highest BCUT2D eigenvalue weighted by Gasteiger charge is 2.25. The topological polar surface area (TPSA) is 99.9 Å². The first kappa shape index (κ1) is 18.3. The molecule has 1 aliphatic rings. The van der Waals surface area contributed by atoms with Crippen LogP contribution in [0.2, 0.25) is 0 Å². The quantitative estimate of drug-likeness (QED) is 0.755. The largest absolute Gasteiger partial charge is 0.452 e. The fourth-order valence-corrected chi connectivity index (χ4v) is 2.34. The molecule has 1 fully saturated rings. The number of rotatable bonds is 4. The van der Waals surface area contributed by atoms with Gasteiger partial charge in [0.15, 0.2) is 6.61 Å². The molecule has 2 rings (SSSR count). The second-order valence-corrected chi connectivity index (χ2v) is 5.33. The molecule has 0 radical (unpaired) electrons. The van der Waals surface area contributed by atoms with E-state index in [4.69, 9.17) is 14.7 Å². The summed E-state index contributed by atoms with van der Waals surface area (Å²) in [4.78, 5) is 38.7.